The number of nitrogens with one attached hydrogen (secondary N) is 1. The Labute approximate surface area is 184 Å². The summed E-state index contributed by atoms with van der Waals surface area (Å²) in [7, 11) is 1.47. The lowest BCUT2D eigenvalue weighted by Gasteiger charge is -2.35. The molecular formula is C22H24F2N6O2. The van der Waals surface area contributed by atoms with Crippen LogP contribution in [0.25, 0.3) is 11.1 Å². The molecular weight excluding hydrogens is 418 g/mol. The van der Waals surface area contributed by atoms with Crippen LogP contribution in [0.5, 0.6) is 5.75 Å². The number of anilines is 3. The smallest absolute Gasteiger partial charge is 0.227 e. The molecule has 4 rings (SSSR count). The second kappa shape index (κ2) is 8.99. The Morgan fingerprint density at radius 3 is 2.50 bits per heavy atom. The molecule has 8 nitrogen and oxygen atoms in total. The van der Waals surface area contributed by atoms with Crippen molar-refractivity contribution in [2.45, 2.75) is 33.0 Å². The normalized spacial score (nSPS) is 18.5. The minimum atomic E-state index is -0.636. The van der Waals surface area contributed by atoms with Gasteiger partial charge in [0.05, 0.1) is 31.2 Å². The first-order chi connectivity index (χ1) is 15.3. The van der Waals surface area contributed by atoms with Gasteiger partial charge in [0.2, 0.25) is 5.95 Å². The highest BCUT2D eigenvalue weighted by atomic mass is 19.1. The first kappa shape index (κ1) is 21.8. The summed E-state index contributed by atoms with van der Waals surface area (Å²) in [5.41, 5.74) is 1.38. The van der Waals surface area contributed by atoms with Crippen LogP contribution in [0.1, 0.15) is 19.5 Å². The molecule has 32 heavy (non-hydrogen) atoms. The summed E-state index contributed by atoms with van der Waals surface area (Å²) in [6, 6.07) is 6.16. The first-order valence-corrected chi connectivity index (χ1v) is 10.2. The molecule has 0 amide bonds. The number of morpholine rings is 1. The average molecular weight is 442 g/mol. The van der Waals surface area contributed by atoms with Gasteiger partial charge in [-0.05, 0) is 39.0 Å². The van der Waals surface area contributed by atoms with E-state index < -0.39 is 11.6 Å². The third-order valence-corrected chi connectivity index (χ3v) is 5.13. The number of ether oxygens (including phenoxy) is 2. The van der Waals surface area contributed by atoms with Crippen molar-refractivity contribution in [2.75, 3.05) is 30.4 Å². The fourth-order valence-electron chi connectivity index (χ4n) is 3.69. The van der Waals surface area contributed by atoms with Crippen LogP contribution < -0.4 is 15.0 Å². The number of aryl methyl sites for hydroxylation is 1. The van der Waals surface area contributed by atoms with E-state index in [2.05, 4.69) is 25.5 Å². The van der Waals surface area contributed by atoms with E-state index in [9.17, 15) is 8.78 Å². The molecule has 0 bridgehead atoms. The molecule has 0 radical (unpaired) electrons. The Kier molecular flexibility index (Phi) is 6.13. The van der Waals surface area contributed by atoms with E-state index in [-0.39, 0.29) is 23.8 Å². The van der Waals surface area contributed by atoms with E-state index in [1.165, 1.54) is 13.2 Å². The molecule has 168 valence electrons. The quantitative estimate of drug-likeness (QED) is 0.637. The van der Waals surface area contributed by atoms with Crippen molar-refractivity contribution in [3.8, 4) is 16.9 Å². The Bertz CT molecular complexity index is 1120. The number of nitrogens with zero attached hydrogens (tertiary/aromatic N) is 5. The monoisotopic (exact) mass is 442 g/mol. The van der Waals surface area contributed by atoms with Gasteiger partial charge >= 0.3 is 0 Å². The number of benzene rings is 1. The van der Waals surface area contributed by atoms with Gasteiger partial charge < -0.3 is 19.7 Å². The maximum Gasteiger partial charge on any atom is 0.227 e. The van der Waals surface area contributed by atoms with Crippen molar-refractivity contribution in [1.29, 1.82) is 0 Å². The number of hydrogen-bond acceptors (Lipinski definition) is 8. The van der Waals surface area contributed by atoms with Crippen molar-refractivity contribution in [1.82, 2.24) is 20.2 Å². The van der Waals surface area contributed by atoms with Crippen molar-refractivity contribution in [3.05, 3.63) is 47.8 Å². The molecule has 1 N–H and O–H groups in total. The van der Waals surface area contributed by atoms with Crippen molar-refractivity contribution >= 4 is 17.6 Å². The van der Waals surface area contributed by atoms with Crippen LogP contribution >= 0.6 is 0 Å². The summed E-state index contributed by atoms with van der Waals surface area (Å²) in [5.74, 6) is -0.113. The summed E-state index contributed by atoms with van der Waals surface area (Å²) in [6.07, 6.45) is 1.13. The van der Waals surface area contributed by atoms with Gasteiger partial charge in [0, 0.05) is 30.3 Å². The SMILES string of the molecule is COc1ccc(-c2cc(Nc3nc(N4C[C@@H](C)O[C@@H](C)C4)ncc3F)nnc2C)c(F)c1. The zero-order chi connectivity index (χ0) is 22.8. The van der Waals surface area contributed by atoms with Crippen LogP contribution in [0, 0.1) is 18.6 Å². The van der Waals surface area contributed by atoms with E-state index >= 15 is 0 Å². The summed E-state index contributed by atoms with van der Waals surface area (Å²) in [4.78, 5) is 10.4. The van der Waals surface area contributed by atoms with Gasteiger partial charge in [-0.3, -0.25) is 0 Å². The number of rotatable bonds is 5. The second-order valence-electron chi connectivity index (χ2n) is 7.73. The van der Waals surface area contributed by atoms with E-state index in [0.717, 1.165) is 6.20 Å². The Balaban J connectivity index is 1.63. The number of halogens is 2. The van der Waals surface area contributed by atoms with Crippen molar-refractivity contribution in [2.24, 2.45) is 0 Å². The van der Waals surface area contributed by atoms with Gasteiger partial charge in [-0.1, -0.05) is 0 Å². The summed E-state index contributed by atoms with van der Waals surface area (Å²) >= 11 is 0. The molecule has 1 aliphatic rings. The fourth-order valence-corrected chi connectivity index (χ4v) is 3.69. The molecule has 10 heteroatoms. The van der Waals surface area contributed by atoms with Crippen molar-refractivity contribution in [3.63, 3.8) is 0 Å². The molecule has 0 unspecified atom stereocenters. The lowest BCUT2D eigenvalue weighted by molar-refractivity contribution is -0.00572. The van der Waals surface area contributed by atoms with Gasteiger partial charge in [0.15, 0.2) is 17.5 Å². The van der Waals surface area contributed by atoms with Crippen LogP contribution in [-0.4, -0.2) is 52.6 Å². The molecule has 0 aliphatic carbocycles. The third-order valence-electron chi connectivity index (χ3n) is 5.13. The average Bonchev–Trinajstić information content (AvgIpc) is 2.76. The summed E-state index contributed by atoms with van der Waals surface area (Å²) in [5, 5.41) is 11.0. The van der Waals surface area contributed by atoms with Crippen LogP contribution in [0.4, 0.5) is 26.4 Å². The van der Waals surface area contributed by atoms with Gasteiger partial charge in [-0.25, -0.2) is 13.8 Å². The van der Waals surface area contributed by atoms with Crippen LogP contribution in [-0.2, 0) is 4.74 Å². The van der Waals surface area contributed by atoms with Crippen LogP contribution in [0.2, 0.25) is 0 Å². The summed E-state index contributed by atoms with van der Waals surface area (Å²) in [6.45, 7) is 6.85. The predicted octanol–water partition coefficient (Wildman–Crippen LogP) is 3.89. The minimum Gasteiger partial charge on any atom is -0.497 e. The minimum absolute atomic E-state index is 0.00808. The lowest BCUT2D eigenvalue weighted by Crippen LogP contribution is -2.46. The molecule has 1 fully saturated rings. The van der Waals surface area contributed by atoms with E-state index in [1.807, 2.05) is 18.7 Å². The Hall–Kier alpha value is -3.40. The van der Waals surface area contributed by atoms with E-state index in [1.54, 1.807) is 25.1 Å². The molecule has 3 heterocycles. The van der Waals surface area contributed by atoms with E-state index in [4.69, 9.17) is 9.47 Å². The Morgan fingerprint density at radius 2 is 1.81 bits per heavy atom. The zero-order valence-electron chi connectivity index (χ0n) is 18.3. The first-order valence-electron chi connectivity index (χ1n) is 10.2. The Morgan fingerprint density at radius 1 is 1.06 bits per heavy atom. The van der Waals surface area contributed by atoms with Crippen LogP contribution in [0.3, 0.4) is 0 Å². The fraction of sp³-hybridized carbons (Fsp3) is 0.364. The van der Waals surface area contributed by atoms with Gasteiger partial charge in [-0.15, -0.1) is 5.10 Å². The van der Waals surface area contributed by atoms with Crippen LogP contribution in [0.15, 0.2) is 30.5 Å². The van der Waals surface area contributed by atoms with Crippen molar-refractivity contribution < 1.29 is 18.3 Å². The molecule has 2 aromatic heterocycles. The topological polar surface area (TPSA) is 85.3 Å². The van der Waals surface area contributed by atoms with Gasteiger partial charge in [-0.2, -0.15) is 10.1 Å². The molecule has 1 saturated heterocycles. The standard InChI is InChI=1S/C22H24F2N6O2/c1-12-10-30(11-13(2)32-12)22-25-9-19(24)21(27-22)26-20-8-17(14(3)28-29-20)16-6-5-15(31-4)7-18(16)23/h5-9,12-13H,10-11H2,1-4H3,(H,25,26,27,29)/t12-,13+. The number of hydrogen-bond donors (Lipinski definition) is 1. The molecule has 0 spiro atoms. The molecule has 2 atom stereocenters. The second-order valence-corrected chi connectivity index (χ2v) is 7.73. The maximum atomic E-state index is 14.6. The molecule has 0 saturated carbocycles. The van der Waals surface area contributed by atoms with E-state index in [0.29, 0.717) is 41.6 Å². The zero-order valence-corrected chi connectivity index (χ0v) is 18.3. The number of aromatic nitrogens is 4. The lowest BCUT2D eigenvalue weighted by atomic mass is 10.0. The summed E-state index contributed by atoms with van der Waals surface area (Å²) < 4.78 is 39.9. The predicted molar refractivity (Wildman–Crippen MR) is 116 cm³/mol. The van der Waals surface area contributed by atoms with Gasteiger partial charge in [0.1, 0.15) is 11.6 Å². The highest BCUT2D eigenvalue weighted by molar-refractivity contribution is 5.71. The molecule has 1 aromatic carbocycles. The highest BCUT2D eigenvalue weighted by Gasteiger charge is 2.25. The third kappa shape index (κ3) is 4.59. The highest BCUT2D eigenvalue weighted by Crippen LogP contribution is 2.30. The molecule has 1 aliphatic heterocycles. The van der Waals surface area contributed by atoms with Gasteiger partial charge in [0.25, 0.3) is 0 Å². The number of methoxy groups -OCH3 is 1. The largest absolute Gasteiger partial charge is 0.497 e. The maximum absolute atomic E-state index is 14.6. The molecule has 3 aromatic rings.